The first kappa shape index (κ1) is 16.4. The first-order valence-electron chi connectivity index (χ1n) is 9.20. The molecule has 0 nitrogen and oxygen atoms in total. The molecule has 0 saturated carbocycles. The molecule has 26 heavy (non-hydrogen) atoms. The molecule has 0 saturated heterocycles. The topological polar surface area (TPSA) is 0 Å². The third kappa shape index (κ3) is 3.07. The summed E-state index contributed by atoms with van der Waals surface area (Å²) in [5.41, 5.74) is 9.20. The quantitative estimate of drug-likeness (QED) is 0.369. The van der Waals surface area contributed by atoms with Crippen molar-refractivity contribution in [1.29, 1.82) is 0 Å². The third-order valence-corrected chi connectivity index (χ3v) is 4.90. The van der Waals surface area contributed by atoms with Gasteiger partial charge >= 0.3 is 0 Å². The van der Waals surface area contributed by atoms with E-state index in [1.165, 1.54) is 38.9 Å². The summed E-state index contributed by atoms with van der Waals surface area (Å²) in [5, 5.41) is 0. The smallest absolute Gasteiger partial charge is 0.00672 e. The molecular formula is C26H22. The van der Waals surface area contributed by atoms with E-state index in [0.29, 0.717) is 0 Å². The summed E-state index contributed by atoms with van der Waals surface area (Å²) in [6, 6.07) is 36.7. The lowest BCUT2D eigenvalue weighted by Crippen LogP contribution is -1.96. The number of rotatable bonds is 4. The predicted molar refractivity (Wildman–Crippen MR) is 112 cm³/mol. The molecule has 0 spiro atoms. The fourth-order valence-corrected chi connectivity index (χ4v) is 3.70. The summed E-state index contributed by atoms with van der Waals surface area (Å²) in [6.07, 6.45) is 0.995. The van der Waals surface area contributed by atoms with E-state index in [0.717, 1.165) is 6.42 Å². The van der Waals surface area contributed by atoms with E-state index >= 15 is 0 Å². The van der Waals surface area contributed by atoms with Gasteiger partial charge in [0, 0.05) is 0 Å². The summed E-state index contributed by atoms with van der Waals surface area (Å²) < 4.78 is 0. The van der Waals surface area contributed by atoms with Crippen molar-refractivity contribution in [1.82, 2.24) is 0 Å². The second-order valence-corrected chi connectivity index (χ2v) is 6.47. The molecule has 0 atom stereocenters. The fraction of sp³-hybridized carbons (Fsp3) is 0.0769. The van der Waals surface area contributed by atoms with Gasteiger partial charge in [-0.2, -0.15) is 0 Å². The molecule has 0 heteroatoms. The number of benzene rings is 4. The Labute approximate surface area is 155 Å². The van der Waals surface area contributed by atoms with Crippen LogP contribution in [0.1, 0.15) is 12.5 Å². The molecule has 0 aliphatic carbocycles. The van der Waals surface area contributed by atoms with E-state index < -0.39 is 0 Å². The van der Waals surface area contributed by atoms with Crippen molar-refractivity contribution in [3.05, 3.63) is 109 Å². The van der Waals surface area contributed by atoms with Gasteiger partial charge in [0.1, 0.15) is 0 Å². The Morgan fingerprint density at radius 2 is 0.885 bits per heavy atom. The fourth-order valence-electron chi connectivity index (χ4n) is 3.70. The summed E-state index contributed by atoms with van der Waals surface area (Å²) in [6.45, 7) is 2.25. The SMILES string of the molecule is CCc1c(-c2ccccc2)ccc(-c2ccccc2)c1-c1ccccc1. The van der Waals surface area contributed by atoms with Crippen LogP contribution in [0.3, 0.4) is 0 Å². The molecule has 0 aliphatic rings. The summed E-state index contributed by atoms with van der Waals surface area (Å²) in [5.74, 6) is 0. The van der Waals surface area contributed by atoms with Crippen molar-refractivity contribution in [3.63, 3.8) is 0 Å². The third-order valence-electron chi connectivity index (χ3n) is 4.90. The van der Waals surface area contributed by atoms with Crippen LogP contribution in [0.5, 0.6) is 0 Å². The van der Waals surface area contributed by atoms with Crippen LogP contribution in [0.25, 0.3) is 33.4 Å². The standard InChI is InChI=1S/C26H22/c1-2-23-24(20-12-6-3-7-13-20)18-19-25(21-14-8-4-9-15-21)26(23)22-16-10-5-11-17-22/h3-19H,2H2,1H3. The van der Waals surface area contributed by atoms with Crippen LogP contribution in [-0.4, -0.2) is 0 Å². The van der Waals surface area contributed by atoms with E-state index in [2.05, 4.69) is 110 Å². The Morgan fingerprint density at radius 3 is 1.38 bits per heavy atom. The Bertz CT molecular complexity index is 984. The molecule has 0 N–H and O–H groups in total. The second-order valence-electron chi connectivity index (χ2n) is 6.47. The number of hydrogen-bond acceptors (Lipinski definition) is 0. The highest BCUT2D eigenvalue weighted by molar-refractivity contribution is 5.90. The Kier molecular flexibility index (Phi) is 4.66. The van der Waals surface area contributed by atoms with E-state index in [4.69, 9.17) is 0 Å². The van der Waals surface area contributed by atoms with Gasteiger partial charge in [-0.05, 0) is 45.4 Å². The maximum atomic E-state index is 2.28. The minimum atomic E-state index is 0.995. The van der Waals surface area contributed by atoms with Crippen LogP contribution in [0.2, 0.25) is 0 Å². The van der Waals surface area contributed by atoms with E-state index in [1.54, 1.807) is 0 Å². The molecule has 0 fully saturated rings. The molecule has 0 aliphatic heterocycles. The van der Waals surface area contributed by atoms with Gasteiger partial charge in [-0.15, -0.1) is 0 Å². The van der Waals surface area contributed by atoms with Crippen LogP contribution in [-0.2, 0) is 6.42 Å². The van der Waals surface area contributed by atoms with Gasteiger partial charge in [0.2, 0.25) is 0 Å². The van der Waals surface area contributed by atoms with Crippen molar-refractivity contribution in [2.45, 2.75) is 13.3 Å². The molecule has 0 amide bonds. The normalized spacial score (nSPS) is 10.7. The molecular weight excluding hydrogens is 312 g/mol. The molecule has 4 aromatic rings. The number of hydrogen-bond donors (Lipinski definition) is 0. The van der Waals surface area contributed by atoms with Crippen LogP contribution >= 0.6 is 0 Å². The molecule has 126 valence electrons. The average molecular weight is 334 g/mol. The molecule has 0 heterocycles. The minimum absolute atomic E-state index is 0.995. The molecule has 0 bridgehead atoms. The van der Waals surface area contributed by atoms with Crippen molar-refractivity contribution in [3.8, 4) is 33.4 Å². The minimum Gasteiger partial charge on any atom is -0.0622 e. The van der Waals surface area contributed by atoms with Crippen LogP contribution < -0.4 is 0 Å². The molecule has 0 unspecified atom stereocenters. The molecule has 4 aromatic carbocycles. The molecule has 4 rings (SSSR count). The first-order valence-corrected chi connectivity index (χ1v) is 9.20. The average Bonchev–Trinajstić information content (AvgIpc) is 2.74. The van der Waals surface area contributed by atoms with Gasteiger partial charge in [0.05, 0.1) is 0 Å². The predicted octanol–water partition coefficient (Wildman–Crippen LogP) is 7.25. The second kappa shape index (κ2) is 7.41. The summed E-state index contributed by atoms with van der Waals surface area (Å²) >= 11 is 0. The maximum absolute atomic E-state index is 2.28. The monoisotopic (exact) mass is 334 g/mol. The summed E-state index contributed by atoms with van der Waals surface area (Å²) in [7, 11) is 0. The van der Waals surface area contributed by atoms with Gasteiger partial charge < -0.3 is 0 Å². The lowest BCUT2D eigenvalue weighted by atomic mass is 9.85. The van der Waals surface area contributed by atoms with Gasteiger partial charge in [0.15, 0.2) is 0 Å². The van der Waals surface area contributed by atoms with E-state index in [9.17, 15) is 0 Å². The molecule has 0 radical (unpaired) electrons. The molecule has 0 aromatic heterocycles. The van der Waals surface area contributed by atoms with Gasteiger partial charge in [-0.1, -0.05) is 110 Å². The van der Waals surface area contributed by atoms with Crippen LogP contribution in [0, 0.1) is 0 Å². The lowest BCUT2D eigenvalue weighted by molar-refractivity contribution is 1.15. The Hall–Kier alpha value is -3.12. The van der Waals surface area contributed by atoms with Gasteiger partial charge in [-0.3, -0.25) is 0 Å². The highest BCUT2D eigenvalue weighted by Gasteiger charge is 2.16. The zero-order chi connectivity index (χ0) is 17.8. The van der Waals surface area contributed by atoms with Crippen molar-refractivity contribution >= 4 is 0 Å². The van der Waals surface area contributed by atoms with Crippen molar-refractivity contribution < 1.29 is 0 Å². The zero-order valence-electron chi connectivity index (χ0n) is 15.0. The first-order chi connectivity index (χ1) is 12.9. The largest absolute Gasteiger partial charge is 0.0622 e. The Balaban J connectivity index is 2.03. The lowest BCUT2D eigenvalue weighted by Gasteiger charge is -2.19. The van der Waals surface area contributed by atoms with Crippen LogP contribution in [0.15, 0.2) is 103 Å². The zero-order valence-corrected chi connectivity index (χ0v) is 15.0. The summed E-state index contributed by atoms with van der Waals surface area (Å²) in [4.78, 5) is 0. The van der Waals surface area contributed by atoms with Crippen molar-refractivity contribution in [2.75, 3.05) is 0 Å². The van der Waals surface area contributed by atoms with Gasteiger partial charge in [0.25, 0.3) is 0 Å². The van der Waals surface area contributed by atoms with Crippen molar-refractivity contribution in [2.24, 2.45) is 0 Å². The van der Waals surface area contributed by atoms with E-state index in [1.807, 2.05) is 0 Å². The van der Waals surface area contributed by atoms with E-state index in [-0.39, 0.29) is 0 Å². The highest BCUT2D eigenvalue weighted by Crippen LogP contribution is 2.40. The highest BCUT2D eigenvalue weighted by atomic mass is 14.2. The van der Waals surface area contributed by atoms with Crippen LogP contribution in [0.4, 0.5) is 0 Å². The maximum Gasteiger partial charge on any atom is -0.00672 e. The Morgan fingerprint density at radius 1 is 0.462 bits per heavy atom. The van der Waals surface area contributed by atoms with Gasteiger partial charge in [-0.25, -0.2) is 0 Å².